The van der Waals surface area contributed by atoms with E-state index in [2.05, 4.69) is 0 Å². The molecule has 0 aromatic heterocycles. The van der Waals surface area contributed by atoms with Crippen LogP contribution in [0, 0.1) is 5.92 Å². The van der Waals surface area contributed by atoms with Crippen LogP contribution in [-0.4, -0.2) is 42.8 Å². The van der Waals surface area contributed by atoms with Gasteiger partial charge in [-0.2, -0.15) is 0 Å². The monoisotopic (exact) mass is 430 g/mol. The summed E-state index contributed by atoms with van der Waals surface area (Å²) in [5, 5.41) is 0. The van der Waals surface area contributed by atoms with Gasteiger partial charge in [-0.15, -0.1) is 0 Å². The lowest BCUT2D eigenvalue weighted by Gasteiger charge is -2.27. The van der Waals surface area contributed by atoms with Crippen LogP contribution < -0.4 is 4.90 Å². The first kappa shape index (κ1) is 19.5. The van der Waals surface area contributed by atoms with E-state index in [-0.39, 0.29) is 23.7 Å². The molecule has 4 aliphatic rings. The number of likely N-dealkylation sites (tertiary alicyclic amines) is 1. The molecule has 6 rings (SSSR count). The minimum atomic E-state index is -0.713. The molecule has 6 nitrogen and oxygen atoms in total. The van der Waals surface area contributed by atoms with Crippen molar-refractivity contribution in [2.75, 3.05) is 25.0 Å². The van der Waals surface area contributed by atoms with Crippen LogP contribution in [0.3, 0.4) is 0 Å². The molecule has 1 spiro atoms. The van der Waals surface area contributed by atoms with Gasteiger partial charge in [-0.3, -0.25) is 9.59 Å². The lowest BCUT2D eigenvalue weighted by Crippen LogP contribution is -2.40. The number of anilines is 1. The van der Waals surface area contributed by atoms with Gasteiger partial charge >= 0.3 is 5.97 Å². The van der Waals surface area contributed by atoms with Gasteiger partial charge in [-0.1, -0.05) is 30.3 Å². The molecule has 1 unspecified atom stereocenters. The maximum absolute atomic E-state index is 13.6. The summed E-state index contributed by atoms with van der Waals surface area (Å²) in [5.74, 6) is 0.165. The summed E-state index contributed by atoms with van der Waals surface area (Å²) in [6.45, 7) is 0.992. The summed E-state index contributed by atoms with van der Waals surface area (Å²) in [4.78, 5) is 41.9. The molecule has 1 atom stereocenters. The molecule has 2 aromatic rings. The number of hydrogen-bond acceptors (Lipinski definition) is 4. The fourth-order valence-corrected chi connectivity index (χ4v) is 5.39. The number of carbonyl (C=O) groups excluding carboxylic acids is 3. The third kappa shape index (κ3) is 2.81. The molecule has 2 aromatic carbocycles. The van der Waals surface area contributed by atoms with E-state index in [9.17, 15) is 14.4 Å². The van der Waals surface area contributed by atoms with E-state index < -0.39 is 11.0 Å². The van der Waals surface area contributed by atoms with E-state index in [1.54, 1.807) is 11.0 Å². The summed E-state index contributed by atoms with van der Waals surface area (Å²) in [7, 11) is 1.82. The van der Waals surface area contributed by atoms with Crippen molar-refractivity contribution in [3.05, 3.63) is 65.2 Å². The Hall–Kier alpha value is -3.15. The predicted molar refractivity (Wildman–Crippen MR) is 118 cm³/mol. The molecule has 1 saturated heterocycles. The highest BCUT2D eigenvalue weighted by atomic mass is 16.6. The Labute approximate surface area is 187 Å². The van der Waals surface area contributed by atoms with E-state index in [4.69, 9.17) is 4.74 Å². The number of amides is 2. The number of esters is 1. The molecule has 2 amide bonds. The molecule has 2 aliphatic heterocycles. The molecule has 2 aliphatic carbocycles. The number of fused-ring (bicyclic) bond motifs is 2. The van der Waals surface area contributed by atoms with Crippen LogP contribution in [0.5, 0.6) is 0 Å². The average molecular weight is 431 g/mol. The second-order valence-electron chi connectivity index (χ2n) is 9.71. The van der Waals surface area contributed by atoms with E-state index in [1.807, 2.05) is 54.4 Å². The molecule has 0 radical (unpaired) electrons. The first-order chi connectivity index (χ1) is 15.4. The van der Waals surface area contributed by atoms with Gasteiger partial charge in [0.2, 0.25) is 11.8 Å². The van der Waals surface area contributed by atoms with Gasteiger partial charge in [-0.25, -0.2) is 4.79 Å². The van der Waals surface area contributed by atoms with Crippen molar-refractivity contribution in [2.45, 2.75) is 43.1 Å². The third-order valence-corrected chi connectivity index (χ3v) is 7.67. The molecule has 32 heavy (non-hydrogen) atoms. The van der Waals surface area contributed by atoms with Crippen LogP contribution in [0.1, 0.15) is 53.6 Å². The number of ether oxygens (including phenoxy) is 1. The zero-order valence-electron chi connectivity index (χ0n) is 18.2. The Morgan fingerprint density at radius 1 is 1.03 bits per heavy atom. The number of nitrogens with zero attached hydrogens (tertiary/aromatic N) is 2. The zero-order chi connectivity index (χ0) is 22.1. The van der Waals surface area contributed by atoms with Crippen LogP contribution in [0.4, 0.5) is 5.69 Å². The summed E-state index contributed by atoms with van der Waals surface area (Å²) in [6, 6.07) is 15.4. The van der Waals surface area contributed by atoms with E-state index in [1.165, 1.54) is 0 Å². The van der Waals surface area contributed by atoms with E-state index in [0.29, 0.717) is 25.1 Å². The minimum absolute atomic E-state index is 0.116. The molecular weight excluding hydrogens is 404 g/mol. The molecule has 0 bridgehead atoms. The van der Waals surface area contributed by atoms with Gasteiger partial charge in [-0.05, 0) is 49.4 Å². The van der Waals surface area contributed by atoms with E-state index >= 15 is 0 Å². The maximum atomic E-state index is 13.6. The fraction of sp³-hybridized carbons (Fsp3) is 0.423. The molecule has 2 heterocycles. The molecule has 0 N–H and O–H groups in total. The predicted octanol–water partition coefficient (Wildman–Crippen LogP) is 3.39. The van der Waals surface area contributed by atoms with Crippen LogP contribution in [0.15, 0.2) is 48.5 Å². The second kappa shape index (κ2) is 6.67. The standard InChI is InChI=1S/C26H26N2O4/c1-27(22(29)17-6-7-17)19-10-8-18(9-11-19)25(12-13-25)24(31)28-15-14-26(16-28)21-5-3-2-4-20(21)23(30)32-26/h2-5,8-11,17H,6-7,12-16H2,1H3. The largest absolute Gasteiger partial charge is 0.449 e. The Morgan fingerprint density at radius 2 is 1.75 bits per heavy atom. The highest BCUT2D eigenvalue weighted by molar-refractivity contribution is 5.97. The summed E-state index contributed by atoms with van der Waals surface area (Å²) >= 11 is 0. The first-order valence-electron chi connectivity index (χ1n) is 11.4. The Morgan fingerprint density at radius 3 is 2.44 bits per heavy atom. The number of hydrogen-bond donors (Lipinski definition) is 0. The second-order valence-corrected chi connectivity index (χ2v) is 9.71. The summed E-state index contributed by atoms with van der Waals surface area (Å²) in [5.41, 5.74) is 2.17. The smallest absolute Gasteiger partial charge is 0.339 e. The van der Waals surface area contributed by atoms with Crippen molar-refractivity contribution >= 4 is 23.5 Å². The molecule has 3 fully saturated rings. The topological polar surface area (TPSA) is 66.9 Å². The number of benzene rings is 2. The maximum Gasteiger partial charge on any atom is 0.339 e. The van der Waals surface area contributed by atoms with Gasteiger partial charge in [0.25, 0.3) is 0 Å². The number of carbonyl (C=O) groups is 3. The summed E-state index contributed by atoms with van der Waals surface area (Å²) < 4.78 is 5.82. The average Bonchev–Trinajstić information content (AvgIpc) is 3.75. The lowest BCUT2D eigenvalue weighted by atomic mass is 9.91. The van der Waals surface area contributed by atoms with Crippen molar-refractivity contribution in [1.29, 1.82) is 0 Å². The first-order valence-corrected chi connectivity index (χ1v) is 11.4. The van der Waals surface area contributed by atoms with Crippen molar-refractivity contribution in [2.24, 2.45) is 5.92 Å². The third-order valence-electron chi connectivity index (χ3n) is 7.67. The zero-order valence-corrected chi connectivity index (χ0v) is 18.2. The van der Waals surface area contributed by atoms with Gasteiger partial charge in [0.1, 0.15) is 0 Å². The van der Waals surface area contributed by atoms with E-state index in [0.717, 1.165) is 42.5 Å². The highest BCUT2D eigenvalue weighted by Gasteiger charge is 2.57. The van der Waals surface area contributed by atoms with Gasteiger partial charge < -0.3 is 14.5 Å². The quantitative estimate of drug-likeness (QED) is 0.698. The van der Waals surface area contributed by atoms with Gasteiger partial charge in [0, 0.05) is 37.2 Å². The molecule has 164 valence electrons. The van der Waals surface area contributed by atoms with Crippen LogP contribution >= 0.6 is 0 Å². The van der Waals surface area contributed by atoms with Crippen molar-refractivity contribution < 1.29 is 19.1 Å². The summed E-state index contributed by atoms with van der Waals surface area (Å²) in [6.07, 6.45) is 4.24. The van der Waals surface area contributed by atoms with Crippen LogP contribution in [-0.2, 0) is 25.3 Å². The van der Waals surface area contributed by atoms with Crippen LogP contribution in [0.2, 0.25) is 0 Å². The lowest BCUT2D eigenvalue weighted by molar-refractivity contribution is -0.134. The Balaban J connectivity index is 1.21. The van der Waals surface area contributed by atoms with Gasteiger partial charge in [0.15, 0.2) is 5.60 Å². The number of rotatable bonds is 4. The Bertz CT molecular complexity index is 1130. The highest BCUT2D eigenvalue weighted by Crippen LogP contribution is 2.52. The normalized spacial score (nSPS) is 24.9. The van der Waals surface area contributed by atoms with Crippen LogP contribution in [0.25, 0.3) is 0 Å². The molecular formula is C26H26N2O4. The SMILES string of the molecule is CN(C(=O)C1CC1)c1ccc(C2(C(=O)N3CCC4(C3)OC(=O)c3ccccc34)CC2)cc1. The fourth-order valence-electron chi connectivity index (χ4n) is 5.39. The molecule has 2 saturated carbocycles. The molecule has 6 heteroatoms. The van der Waals surface area contributed by atoms with Gasteiger partial charge in [0.05, 0.1) is 17.5 Å². The van der Waals surface area contributed by atoms with Crippen molar-refractivity contribution in [3.8, 4) is 0 Å². The van der Waals surface area contributed by atoms with Crippen molar-refractivity contribution in [1.82, 2.24) is 4.90 Å². The Kier molecular flexibility index (Phi) is 4.07. The van der Waals surface area contributed by atoms with Crippen molar-refractivity contribution in [3.63, 3.8) is 0 Å². The minimum Gasteiger partial charge on any atom is -0.449 e.